The zero-order valence-corrected chi connectivity index (χ0v) is 20.5. The molecular weight excluding hydrogens is 456 g/mol. The molecule has 1 aromatic heterocycles. The fraction of sp³-hybridized carbons (Fsp3) is 0.320. The molecule has 0 saturated heterocycles. The molecule has 1 unspecified atom stereocenters. The van der Waals surface area contributed by atoms with E-state index in [1.807, 2.05) is 55.5 Å². The second kappa shape index (κ2) is 10.4. The number of carbonyl (C=O) groups excluding carboxylic acids is 1. The van der Waals surface area contributed by atoms with Crippen molar-refractivity contribution in [2.24, 2.45) is 0 Å². The number of hydrogen-bond acceptors (Lipinski definition) is 6. The van der Waals surface area contributed by atoms with Gasteiger partial charge in [0.05, 0.1) is 0 Å². The number of Topliss-reactive ketones (excluding diaryl/α,β-unsaturated/α-hetero) is 1. The molecule has 2 aromatic carbocycles. The average molecular weight is 483 g/mol. The Bertz CT molecular complexity index is 1190. The maximum Gasteiger partial charge on any atom is 0.227 e. The summed E-state index contributed by atoms with van der Waals surface area (Å²) in [5.41, 5.74) is 3.17. The summed E-state index contributed by atoms with van der Waals surface area (Å²) < 4.78 is 8.02. The number of hydrogen-bond donors (Lipinski definition) is 1. The number of para-hydroxylation sites is 1. The zero-order valence-electron chi connectivity index (χ0n) is 19.0. The first-order chi connectivity index (χ1) is 16.0. The number of rotatable bonds is 9. The van der Waals surface area contributed by atoms with Gasteiger partial charge in [-0.2, -0.15) is 4.98 Å². The smallest absolute Gasteiger partial charge is 0.227 e. The largest absolute Gasteiger partial charge is 0.488 e. The lowest BCUT2D eigenvalue weighted by Crippen LogP contribution is -2.28. The summed E-state index contributed by atoms with van der Waals surface area (Å²) in [6.07, 6.45) is 2.22. The number of thioether (sulfide) groups is 1. The fourth-order valence-corrected chi connectivity index (χ4v) is 4.96. The van der Waals surface area contributed by atoms with E-state index < -0.39 is 6.04 Å². The van der Waals surface area contributed by atoms with Gasteiger partial charge in [-0.3, -0.25) is 4.79 Å². The summed E-state index contributed by atoms with van der Waals surface area (Å²) in [4.78, 5) is 17.4. The van der Waals surface area contributed by atoms with Crippen LogP contribution in [0.25, 0.3) is 0 Å². The highest BCUT2D eigenvalue weighted by Crippen LogP contribution is 2.40. The van der Waals surface area contributed by atoms with Gasteiger partial charge in [-0.25, -0.2) is 4.68 Å². The lowest BCUT2D eigenvalue weighted by molar-refractivity contribution is -0.114. The van der Waals surface area contributed by atoms with Crippen molar-refractivity contribution in [2.45, 2.75) is 51.4 Å². The van der Waals surface area contributed by atoms with E-state index in [1.165, 1.54) is 0 Å². The molecule has 33 heavy (non-hydrogen) atoms. The number of ether oxygens (including phenoxy) is 1. The molecule has 3 aromatic rings. The first-order valence-corrected chi connectivity index (χ1v) is 12.4. The van der Waals surface area contributed by atoms with Gasteiger partial charge >= 0.3 is 0 Å². The van der Waals surface area contributed by atoms with Gasteiger partial charge in [0.15, 0.2) is 5.78 Å². The predicted molar refractivity (Wildman–Crippen MR) is 133 cm³/mol. The van der Waals surface area contributed by atoms with E-state index in [9.17, 15) is 4.79 Å². The number of nitrogens with one attached hydrogen (secondary N) is 1. The van der Waals surface area contributed by atoms with Crippen molar-refractivity contribution in [3.63, 3.8) is 0 Å². The Balaban J connectivity index is 1.72. The van der Waals surface area contributed by atoms with Crippen LogP contribution in [0.5, 0.6) is 5.75 Å². The Morgan fingerprint density at radius 2 is 1.97 bits per heavy atom. The van der Waals surface area contributed by atoms with Crippen LogP contribution in [0.1, 0.15) is 50.8 Å². The van der Waals surface area contributed by atoms with Gasteiger partial charge < -0.3 is 10.1 Å². The number of ketones is 1. The number of fused-ring (bicyclic) bond motifs is 1. The Morgan fingerprint density at radius 3 is 2.73 bits per heavy atom. The van der Waals surface area contributed by atoms with Gasteiger partial charge in [0.1, 0.15) is 18.4 Å². The molecular formula is C25H27ClN4O2S. The molecule has 1 atom stereocenters. The van der Waals surface area contributed by atoms with Crippen molar-refractivity contribution in [3.05, 3.63) is 76.0 Å². The summed E-state index contributed by atoms with van der Waals surface area (Å²) in [5.74, 6) is 2.24. The fourth-order valence-electron chi connectivity index (χ4n) is 3.85. The van der Waals surface area contributed by atoms with Crippen molar-refractivity contribution < 1.29 is 9.53 Å². The molecule has 0 saturated carbocycles. The Labute approximate surface area is 203 Å². The van der Waals surface area contributed by atoms with Crippen LogP contribution in [0.3, 0.4) is 0 Å². The molecule has 0 fully saturated rings. The highest BCUT2D eigenvalue weighted by Gasteiger charge is 2.34. The molecule has 1 aliphatic rings. The van der Waals surface area contributed by atoms with E-state index in [4.69, 9.17) is 21.4 Å². The lowest BCUT2D eigenvalue weighted by Gasteiger charge is -2.29. The summed E-state index contributed by atoms with van der Waals surface area (Å²) in [6.45, 7) is 5.97. The maximum atomic E-state index is 12.7. The van der Waals surface area contributed by atoms with Crippen LogP contribution >= 0.6 is 23.4 Å². The van der Waals surface area contributed by atoms with Crippen LogP contribution in [0.15, 0.2) is 65.0 Å². The number of anilines is 1. The standard InChI is InChI=1S/C25H27ClN4O2S/c1-4-5-14-33-25-28-24-27-16(2)22(17(3)31)23(30(24)29-25)19-11-7-9-13-21(19)32-15-18-10-6-8-12-20(18)26/h6-13,23H,4-5,14-15H2,1-3H3,(H,27,28,29). The molecule has 0 spiro atoms. The second-order valence-electron chi connectivity index (χ2n) is 7.90. The van der Waals surface area contributed by atoms with Gasteiger partial charge in [-0.05, 0) is 32.4 Å². The van der Waals surface area contributed by atoms with Crippen LogP contribution < -0.4 is 10.1 Å². The molecule has 1 N–H and O–H groups in total. The number of aromatic nitrogens is 3. The van der Waals surface area contributed by atoms with E-state index >= 15 is 0 Å². The van der Waals surface area contributed by atoms with Crippen molar-refractivity contribution in [1.82, 2.24) is 14.8 Å². The number of allylic oxidation sites excluding steroid dienone is 2. The Morgan fingerprint density at radius 1 is 1.21 bits per heavy atom. The molecule has 0 radical (unpaired) electrons. The molecule has 6 nitrogen and oxygen atoms in total. The third-order valence-corrected chi connectivity index (χ3v) is 6.79. The topological polar surface area (TPSA) is 69.0 Å². The zero-order chi connectivity index (χ0) is 23.4. The van der Waals surface area contributed by atoms with E-state index in [0.717, 1.165) is 35.4 Å². The van der Waals surface area contributed by atoms with Crippen molar-refractivity contribution in [2.75, 3.05) is 11.1 Å². The van der Waals surface area contributed by atoms with Crippen LogP contribution in [0.4, 0.5) is 5.95 Å². The van der Waals surface area contributed by atoms with E-state index in [0.29, 0.717) is 34.1 Å². The van der Waals surface area contributed by atoms with Crippen molar-refractivity contribution in [1.29, 1.82) is 0 Å². The maximum absolute atomic E-state index is 12.7. The normalized spacial score (nSPS) is 15.2. The molecule has 8 heteroatoms. The van der Waals surface area contributed by atoms with Crippen molar-refractivity contribution >= 4 is 35.1 Å². The van der Waals surface area contributed by atoms with Crippen LogP contribution in [-0.4, -0.2) is 26.3 Å². The summed E-state index contributed by atoms with van der Waals surface area (Å²) in [6, 6.07) is 14.9. The molecule has 0 aliphatic carbocycles. The van der Waals surface area contributed by atoms with E-state index in [1.54, 1.807) is 23.4 Å². The first kappa shape index (κ1) is 23.4. The Kier molecular flexibility index (Phi) is 7.40. The van der Waals surface area contributed by atoms with Gasteiger partial charge in [0, 0.05) is 33.2 Å². The SMILES string of the molecule is CCCCSc1nc2n(n1)C(c1ccccc1OCc1ccccc1Cl)C(C(C)=O)=C(C)N2. The number of unbranched alkanes of at least 4 members (excludes halogenated alkanes) is 1. The van der Waals surface area contributed by atoms with Crippen molar-refractivity contribution in [3.8, 4) is 5.75 Å². The average Bonchev–Trinajstić information content (AvgIpc) is 3.20. The van der Waals surface area contributed by atoms with E-state index in [-0.39, 0.29) is 5.78 Å². The molecule has 2 heterocycles. The van der Waals surface area contributed by atoms with Crippen LogP contribution in [0, 0.1) is 0 Å². The van der Waals surface area contributed by atoms with Crippen LogP contribution in [-0.2, 0) is 11.4 Å². The lowest BCUT2D eigenvalue weighted by atomic mass is 9.92. The third kappa shape index (κ3) is 5.09. The minimum atomic E-state index is -0.436. The molecule has 172 valence electrons. The highest BCUT2D eigenvalue weighted by atomic mass is 35.5. The number of carbonyl (C=O) groups is 1. The monoisotopic (exact) mass is 482 g/mol. The summed E-state index contributed by atoms with van der Waals surface area (Å²) in [7, 11) is 0. The highest BCUT2D eigenvalue weighted by molar-refractivity contribution is 7.99. The third-order valence-electron chi connectivity index (χ3n) is 5.50. The van der Waals surface area contributed by atoms with E-state index in [2.05, 4.69) is 17.2 Å². The van der Waals surface area contributed by atoms with Gasteiger partial charge in [0.25, 0.3) is 0 Å². The minimum Gasteiger partial charge on any atom is -0.488 e. The minimum absolute atomic E-state index is 0.0211. The first-order valence-electron chi connectivity index (χ1n) is 11.0. The summed E-state index contributed by atoms with van der Waals surface area (Å²) >= 11 is 7.95. The molecule has 4 rings (SSSR count). The molecule has 0 bridgehead atoms. The number of nitrogens with zero attached hydrogens (tertiary/aromatic N) is 3. The number of benzene rings is 2. The molecule has 0 amide bonds. The molecule has 1 aliphatic heterocycles. The Hall–Kier alpha value is -2.77. The number of halogens is 1. The van der Waals surface area contributed by atoms with Gasteiger partial charge in [0.2, 0.25) is 11.1 Å². The van der Waals surface area contributed by atoms with Gasteiger partial charge in [-0.1, -0.05) is 73.1 Å². The quantitative estimate of drug-likeness (QED) is 0.286. The van der Waals surface area contributed by atoms with Crippen LogP contribution in [0.2, 0.25) is 5.02 Å². The predicted octanol–water partition coefficient (Wildman–Crippen LogP) is 6.28. The second-order valence-corrected chi connectivity index (χ2v) is 9.37. The summed E-state index contributed by atoms with van der Waals surface area (Å²) in [5, 5.41) is 9.38. The van der Waals surface area contributed by atoms with Gasteiger partial charge in [-0.15, -0.1) is 5.10 Å².